The highest BCUT2D eigenvalue weighted by atomic mass is 16.6. The molecular formula is C28H24O6. The molecule has 0 radical (unpaired) electrons. The van der Waals surface area contributed by atoms with Crippen molar-refractivity contribution in [3.63, 3.8) is 0 Å². The fraction of sp³-hybridized carbons (Fsp3) is 0.214. The summed E-state index contributed by atoms with van der Waals surface area (Å²) in [5.74, 6) is -0.551. The highest BCUT2D eigenvalue weighted by Crippen LogP contribution is 2.39. The standard InChI is InChI=1S/C28H24O6/c29-25-21(17-32-27(30)18-9-3-1-4-10-18)16-24-22(15-20-13-7-8-14-23(20)33-24)26(25)34-28(31)19-11-5-2-6-12-19/h1-14,16,22,24-26,29H,15,17H2/t22-,24-,25-,26-/m1/s1. The predicted octanol–water partition coefficient (Wildman–Crippen LogP) is 3.99. The average Bonchev–Trinajstić information content (AvgIpc) is 2.89. The minimum atomic E-state index is -1.13. The number of esters is 2. The van der Waals surface area contributed by atoms with Gasteiger partial charge in [0.05, 0.1) is 11.1 Å². The van der Waals surface area contributed by atoms with Crippen LogP contribution in [0.4, 0.5) is 0 Å². The van der Waals surface area contributed by atoms with Gasteiger partial charge in [-0.25, -0.2) is 9.59 Å². The quantitative estimate of drug-likeness (QED) is 0.462. The first kappa shape index (κ1) is 21.9. The summed E-state index contributed by atoms with van der Waals surface area (Å²) >= 11 is 0. The van der Waals surface area contributed by atoms with Crippen LogP contribution in [0.1, 0.15) is 26.3 Å². The van der Waals surface area contributed by atoms with Crippen LogP contribution in [0.3, 0.4) is 0 Å². The van der Waals surface area contributed by atoms with Crippen LogP contribution < -0.4 is 4.74 Å². The molecule has 0 saturated heterocycles. The number of rotatable bonds is 5. The van der Waals surface area contributed by atoms with E-state index in [1.54, 1.807) is 54.6 Å². The number of aliphatic hydroxyl groups excluding tert-OH is 1. The maximum atomic E-state index is 12.9. The smallest absolute Gasteiger partial charge is 0.338 e. The minimum absolute atomic E-state index is 0.136. The van der Waals surface area contributed by atoms with Crippen molar-refractivity contribution in [1.29, 1.82) is 0 Å². The first-order chi connectivity index (χ1) is 16.6. The van der Waals surface area contributed by atoms with E-state index in [-0.39, 0.29) is 12.5 Å². The van der Waals surface area contributed by atoms with E-state index in [0.717, 1.165) is 11.3 Å². The molecule has 4 atom stereocenters. The van der Waals surface area contributed by atoms with E-state index in [0.29, 0.717) is 23.1 Å². The third kappa shape index (κ3) is 4.45. The molecule has 6 nitrogen and oxygen atoms in total. The number of benzene rings is 3. The summed E-state index contributed by atoms with van der Waals surface area (Å²) in [5, 5.41) is 11.2. The zero-order valence-electron chi connectivity index (χ0n) is 18.4. The van der Waals surface area contributed by atoms with Crippen molar-refractivity contribution in [2.45, 2.75) is 24.7 Å². The molecule has 3 aromatic carbocycles. The molecule has 0 saturated carbocycles. The van der Waals surface area contributed by atoms with Gasteiger partial charge < -0.3 is 19.3 Å². The van der Waals surface area contributed by atoms with Crippen LogP contribution in [0.5, 0.6) is 5.75 Å². The molecule has 0 amide bonds. The Morgan fingerprint density at radius 1 is 0.853 bits per heavy atom. The molecule has 2 aliphatic rings. The molecular weight excluding hydrogens is 432 g/mol. The summed E-state index contributed by atoms with van der Waals surface area (Å²) in [7, 11) is 0. The third-order valence-corrected chi connectivity index (χ3v) is 6.24. The van der Waals surface area contributed by atoms with Crippen LogP contribution in [0.25, 0.3) is 0 Å². The number of hydrogen-bond donors (Lipinski definition) is 1. The molecule has 1 N–H and O–H groups in total. The first-order valence-corrected chi connectivity index (χ1v) is 11.2. The summed E-state index contributed by atoms with van der Waals surface area (Å²) in [6.07, 6.45) is -0.0561. The van der Waals surface area contributed by atoms with Gasteiger partial charge in [-0.1, -0.05) is 54.6 Å². The Morgan fingerprint density at radius 2 is 1.47 bits per heavy atom. The fourth-order valence-corrected chi connectivity index (χ4v) is 4.46. The maximum Gasteiger partial charge on any atom is 0.338 e. The van der Waals surface area contributed by atoms with Gasteiger partial charge in [0.25, 0.3) is 0 Å². The van der Waals surface area contributed by atoms with Gasteiger partial charge in [-0.05, 0) is 54.0 Å². The van der Waals surface area contributed by atoms with Crippen LogP contribution in [0, 0.1) is 5.92 Å². The van der Waals surface area contributed by atoms with Crippen LogP contribution in [-0.2, 0) is 15.9 Å². The SMILES string of the molecule is O=C(OCC1=C[C@H]2Oc3ccccc3C[C@H]2[C@@H](OC(=O)c2ccccc2)[C@@H]1O)c1ccccc1. The van der Waals surface area contributed by atoms with Crippen LogP contribution in [0.15, 0.2) is 96.6 Å². The van der Waals surface area contributed by atoms with Gasteiger partial charge in [0.2, 0.25) is 0 Å². The van der Waals surface area contributed by atoms with Crippen molar-refractivity contribution in [1.82, 2.24) is 0 Å². The van der Waals surface area contributed by atoms with Gasteiger partial charge in [-0.3, -0.25) is 0 Å². The Kier molecular flexibility index (Phi) is 6.14. The molecule has 172 valence electrons. The van der Waals surface area contributed by atoms with Crippen LogP contribution >= 0.6 is 0 Å². The minimum Gasteiger partial charge on any atom is -0.486 e. The Hall–Kier alpha value is -3.90. The lowest BCUT2D eigenvalue weighted by atomic mass is 9.77. The highest BCUT2D eigenvalue weighted by Gasteiger charge is 2.45. The number of carbonyl (C=O) groups is 2. The molecule has 6 heteroatoms. The number of para-hydroxylation sites is 1. The molecule has 0 bridgehead atoms. The van der Waals surface area contributed by atoms with Crippen molar-refractivity contribution in [2.75, 3.05) is 6.61 Å². The second kappa shape index (κ2) is 9.53. The first-order valence-electron chi connectivity index (χ1n) is 11.2. The molecule has 3 aromatic rings. The number of ether oxygens (including phenoxy) is 3. The second-order valence-corrected chi connectivity index (χ2v) is 8.42. The molecule has 0 spiro atoms. The molecule has 1 aliphatic carbocycles. The summed E-state index contributed by atoms with van der Waals surface area (Å²) in [6.45, 7) is -0.136. The van der Waals surface area contributed by atoms with E-state index in [1.807, 2.05) is 36.4 Å². The highest BCUT2D eigenvalue weighted by molar-refractivity contribution is 5.90. The Bertz CT molecular complexity index is 1200. The number of carbonyl (C=O) groups excluding carboxylic acids is 2. The molecule has 0 aromatic heterocycles. The number of hydrogen-bond acceptors (Lipinski definition) is 6. The van der Waals surface area contributed by atoms with Crippen molar-refractivity contribution < 1.29 is 28.9 Å². The van der Waals surface area contributed by atoms with Crippen LogP contribution in [0.2, 0.25) is 0 Å². The Labute approximate surface area is 197 Å². The molecule has 0 fully saturated rings. The summed E-state index contributed by atoms with van der Waals surface area (Å²) < 4.78 is 17.5. The molecule has 34 heavy (non-hydrogen) atoms. The Morgan fingerprint density at radius 3 is 2.18 bits per heavy atom. The van der Waals surface area contributed by atoms with E-state index < -0.39 is 30.3 Å². The predicted molar refractivity (Wildman–Crippen MR) is 125 cm³/mol. The molecule has 0 unspecified atom stereocenters. The third-order valence-electron chi connectivity index (χ3n) is 6.24. The summed E-state index contributed by atoms with van der Waals surface area (Å²) in [4.78, 5) is 25.3. The van der Waals surface area contributed by atoms with Crippen LogP contribution in [-0.4, -0.2) is 42.0 Å². The van der Waals surface area contributed by atoms with Gasteiger partial charge in [-0.2, -0.15) is 0 Å². The van der Waals surface area contributed by atoms with E-state index in [1.165, 1.54) is 0 Å². The summed E-state index contributed by atoms with van der Waals surface area (Å²) in [6, 6.07) is 25.0. The van der Waals surface area contributed by atoms with Gasteiger partial charge in [0.15, 0.2) is 0 Å². The fourth-order valence-electron chi connectivity index (χ4n) is 4.46. The topological polar surface area (TPSA) is 82.1 Å². The zero-order valence-corrected chi connectivity index (χ0v) is 18.4. The average molecular weight is 456 g/mol. The molecule has 1 aliphatic heterocycles. The van der Waals surface area contributed by atoms with Gasteiger partial charge >= 0.3 is 11.9 Å². The lowest BCUT2D eigenvalue weighted by Crippen LogP contribution is -2.51. The Balaban J connectivity index is 1.40. The second-order valence-electron chi connectivity index (χ2n) is 8.42. The van der Waals surface area contributed by atoms with Crippen molar-refractivity contribution in [3.05, 3.63) is 113 Å². The number of aliphatic hydroxyl groups is 1. The van der Waals surface area contributed by atoms with Gasteiger partial charge in [0.1, 0.15) is 30.7 Å². The lowest BCUT2D eigenvalue weighted by molar-refractivity contribution is -0.0648. The lowest BCUT2D eigenvalue weighted by Gasteiger charge is -2.42. The van der Waals surface area contributed by atoms with E-state index in [9.17, 15) is 14.7 Å². The normalized spacial score (nSPS) is 22.9. The summed E-state index contributed by atoms with van der Waals surface area (Å²) in [5.41, 5.74) is 2.25. The number of fused-ring (bicyclic) bond motifs is 2. The van der Waals surface area contributed by atoms with Crippen molar-refractivity contribution >= 4 is 11.9 Å². The van der Waals surface area contributed by atoms with Crippen molar-refractivity contribution in [2.24, 2.45) is 5.92 Å². The maximum absolute atomic E-state index is 12.9. The molecule has 1 heterocycles. The van der Waals surface area contributed by atoms with Gasteiger partial charge in [-0.15, -0.1) is 0 Å². The monoisotopic (exact) mass is 456 g/mol. The van der Waals surface area contributed by atoms with E-state index in [4.69, 9.17) is 14.2 Å². The van der Waals surface area contributed by atoms with E-state index >= 15 is 0 Å². The van der Waals surface area contributed by atoms with E-state index in [2.05, 4.69) is 0 Å². The van der Waals surface area contributed by atoms with Gasteiger partial charge in [0, 0.05) is 5.92 Å². The van der Waals surface area contributed by atoms with Crippen molar-refractivity contribution in [3.8, 4) is 5.75 Å². The molecule has 5 rings (SSSR count). The largest absolute Gasteiger partial charge is 0.486 e. The zero-order chi connectivity index (χ0) is 23.5.